The number of aromatic nitrogens is 1. The van der Waals surface area contributed by atoms with Crippen LogP contribution in [0.4, 0.5) is 5.69 Å². The van der Waals surface area contributed by atoms with Gasteiger partial charge in [0.15, 0.2) is 0 Å². The lowest BCUT2D eigenvalue weighted by molar-refractivity contribution is -0.119. The Morgan fingerprint density at radius 3 is 2.54 bits per heavy atom. The van der Waals surface area contributed by atoms with E-state index in [4.69, 9.17) is 9.47 Å². The highest BCUT2D eigenvalue weighted by atomic mass is 16.5. The van der Waals surface area contributed by atoms with Gasteiger partial charge in [0.2, 0.25) is 5.91 Å². The van der Waals surface area contributed by atoms with E-state index in [1.165, 1.54) is 0 Å². The summed E-state index contributed by atoms with van der Waals surface area (Å²) in [6.45, 7) is 0.708. The summed E-state index contributed by atoms with van der Waals surface area (Å²) in [5.74, 6) is -0.410. The number of benzene rings is 3. The molecule has 1 aliphatic heterocycles. The van der Waals surface area contributed by atoms with E-state index in [1.807, 2.05) is 60.8 Å². The summed E-state index contributed by atoms with van der Waals surface area (Å²) >= 11 is 0. The first-order valence-electron chi connectivity index (χ1n) is 11.5. The van der Waals surface area contributed by atoms with Crippen LogP contribution in [0.1, 0.15) is 33.4 Å². The van der Waals surface area contributed by atoms with Gasteiger partial charge < -0.3 is 24.7 Å². The molecular formula is C28H27N3O4. The van der Waals surface area contributed by atoms with Crippen LogP contribution in [-0.2, 0) is 9.53 Å². The Balaban J connectivity index is 1.67. The minimum absolute atomic E-state index is 0.116. The quantitative estimate of drug-likeness (QED) is 0.409. The Hall–Kier alpha value is -4.10. The zero-order chi connectivity index (χ0) is 24.4. The summed E-state index contributed by atoms with van der Waals surface area (Å²) in [6.07, 6.45) is 1.90. The standard InChI is InChI=1S/C28H27N3O4/c1-34-16-15-31-26(21-17-29-22-12-6-5-9-18(21)22)25(19-10-3-4-11-20(19)28(31)33)27(32)30-23-13-7-8-14-24(23)35-2/h3-14,17,25-26,29H,15-16H2,1-2H3,(H,30,32)/t25-,26+/m1/s1. The minimum Gasteiger partial charge on any atom is -0.495 e. The molecule has 0 bridgehead atoms. The van der Waals surface area contributed by atoms with E-state index in [0.29, 0.717) is 35.7 Å². The first kappa shape index (κ1) is 22.7. The SMILES string of the molecule is COCCN1C(=O)c2ccccc2[C@@H](C(=O)Nc2ccccc2OC)[C@@H]1c1c[nH]c2ccccc12. The Bertz CT molecular complexity index is 1380. The van der Waals surface area contributed by atoms with Crippen LogP contribution < -0.4 is 10.1 Å². The van der Waals surface area contributed by atoms with Crippen molar-refractivity contribution < 1.29 is 19.1 Å². The summed E-state index contributed by atoms with van der Waals surface area (Å²) in [4.78, 5) is 32.8. The van der Waals surface area contributed by atoms with Gasteiger partial charge in [-0.2, -0.15) is 0 Å². The number of carbonyl (C=O) groups is 2. The maximum absolute atomic E-state index is 14.0. The van der Waals surface area contributed by atoms with E-state index in [0.717, 1.165) is 16.5 Å². The van der Waals surface area contributed by atoms with Gasteiger partial charge in [0.1, 0.15) is 5.75 Å². The predicted octanol–water partition coefficient (Wildman–Crippen LogP) is 4.74. The Kier molecular flexibility index (Phi) is 6.25. The molecular weight excluding hydrogens is 442 g/mol. The van der Waals surface area contributed by atoms with Crippen molar-refractivity contribution in [3.63, 3.8) is 0 Å². The van der Waals surface area contributed by atoms with Crippen molar-refractivity contribution in [3.05, 3.63) is 95.7 Å². The molecule has 3 aromatic carbocycles. The average molecular weight is 470 g/mol. The average Bonchev–Trinajstić information content (AvgIpc) is 3.32. The Morgan fingerprint density at radius 1 is 0.971 bits per heavy atom. The molecule has 1 aromatic heterocycles. The van der Waals surface area contributed by atoms with Gasteiger partial charge in [-0.1, -0.05) is 48.5 Å². The van der Waals surface area contributed by atoms with Crippen molar-refractivity contribution in [2.24, 2.45) is 0 Å². The molecule has 7 nitrogen and oxygen atoms in total. The fourth-order valence-corrected chi connectivity index (χ4v) is 4.95. The number of anilines is 1. The highest BCUT2D eigenvalue weighted by Gasteiger charge is 2.45. The molecule has 1 aliphatic rings. The van der Waals surface area contributed by atoms with E-state index >= 15 is 0 Å². The van der Waals surface area contributed by atoms with Crippen LogP contribution in [0.3, 0.4) is 0 Å². The van der Waals surface area contributed by atoms with Crippen molar-refractivity contribution in [1.29, 1.82) is 0 Å². The molecule has 2 heterocycles. The third-order valence-corrected chi connectivity index (χ3v) is 6.56. The van der Waals surface area contributed by atoms with E-state index in [-0.39, 0.29) is 11.8 Å². The zero-order valence-corrected chi connectivity index (χ0v) is 19.7. The van der Waals surface area contributed by atoms with Gasteiger partial charge in [-0.3, -0.25) is 9.59 Å². The van der Waals surface area contributed by atoms with Crippen LogP contribution in [0.15, 0.2) is 79.0 Å². The summed E-state index contributed by atoms with van der Waals surface area (Å²) in [6, 6.07) is 22.0. The molecule has 35 heavy (non-hydrogen) atoms. The smallest absolute Gasteiger partial charge is 0.254 e. The molecule has 0 fully saturated rings. The molecule has 4 aromatic rings. The molecule has 5 rings (SSSR count). The van der Waals surface area contributed by atoms with Crippen LogP contribution >= 0.6 is 0 Å². The van der Waals surface area contributed by atoms with Gasteiger partial charge in [-0.25, -0.2) is 0 Å². The molecule has 0 spiro atoms. The number of aromatic amines is 1. The number of rotatable bonds is 7. The van der Waals surface area contributed by atoms with Gasteiger partial charge in [-0.05, 0) is 29.8 Å². The first-order valence-corrected chi connectivity index (χ1v) is 11.5. The molecule has 0 saturated carbocycles. The first-order chi connectivity index (χ1) is 17.1. The molecule has 7 heteroatoms. The van der Waals surface area contributed by atoms with Crippen molar-refractivity contribution in [2.45, 2.75) is 12.0 Å². The minimum atomic E-state index is -0.648. The summed E-state index contributed by atoms with van der Waals surface area (Å²) in [7, 11) is 3.18. The molecule has 0 aliphatic carbocycles. The molecule has 0 radical (unpaired) electrons. The van der Waals surface area contributed by atoms with Crippen LogP contribution in [0, 0.1) is 0 Å². The maximum atomic E-state index is 14.0. The largest absolute Gasteiger partial charge is 0.495 e. The third kappa shape index (κ3) is 4.04. The second-order valence-electron chi connectivity index (χ2n) is 8.48. The van der Waals surface area contributed by atoms with Gasteiger partial charge in [0, 0.05) is 41.9 Å². The van der Waals surface area contributed by atoms with Crippen LogP contribution in [0.5, 0.6) is 5.75 Å². The number of para-hydroxylation sites is 3. The number of amides is 2. The second kappa shape index (κ2) is 9.64. The number of nitrogens with one attached hydrogen (secondary N) is 2. The van der Waals surface area contributed by atoms with Crippen LogP contribution in [0.25, 0.3) is 10.9 Å². The highest BCUT2D eigenvalue weighted by Crippen LogP contribution is 2.45. The fraction of sp³-hybridized carbons (Fsp3) is 0.214. The third-order valence-electron chi connectivity index (χ3n) is 6.56. The van der Waals surface area contributed by atoms with E-state index in [9.17, 15) is 9.59 Å². The van der Waals surface area contributed by atoms with Crippen molar-refractivity contribution in [1.82, 2.24) is 9.88 Å². The Morgan fingerprint density at radius 2 is 1.71 bits per heavy atom. The number of hydrogen-bond acceptors (Lipinski definition) is 4. The lowest BCUT2D eigenvalue weighted by Gasteiger charge is -2.41. The summed E-state index contributed by atoms with van der Waals surface area (Å²) in [5, 5.41) is 4.03. The number of ether oxygens (including phenoxy) is 2. The second-order valence-corrected chi connectivity index (χ2v) is 8.48. The van der Waals surface area contributed by atoms with Gasteiger partial charge in [0.05, 0.1) is 31.4 Å². The molecule has 0 unspecified atom stereocenters. The number of fused-ring (bicyclic) bond motifs is 2. The molecule has 178 valence electrons. The lowest BCUT2D eigenvalue weighted by atomic mass is 9.79. The number of methoxy groups -OCH3 is 2. The molecule has 2 N–H and O–H groups in total. The molecule has 0 saturated heterocycles. The number of nitrogens with zero attached hydrogens (tertiary/aromatic N) is 1. The monoisotopic (exact) mass is 469 g/mol. The topological polar surface area (TPSA) is 83.7 Å². The zero-order valence-electron chi connectivity index (χ0n) is 19.7. The molecule has 2 amide bonds. The van der Waals surface area contributed by atoms with Gasteiger partial charge in [0.25, 0.3) is 5.91 Å². The van der Waals surface area contributed by atoms with E-state index in [2.05, 4.69) is 10.3 Å². The lowest BCUT2D eigenvalue weighted by Crippen LogP contribution is -2.47. The molecule has 2 atom stereocenters. The normalized spacial score (nSPS) is 17.3. The van der Waals surface area contributed by atoms with E-state index in [1.54, 1.807) is 37.3 Å². The number of hydrogen-bond donors (Lipinski definition) is 2. The predicted molar refractivity (Wildman–Crippen MR) is 135 cm³/mol. The summed E-state index contributed by atoms with van der Waals surface area (Å²) < 4.78 is 10.8. The number of carbonyl (C=O) groups excluding carboxylic acids is 2. The van der Waals surface area contributed by atoms with E-state index < -0.39 is 12.0 Å². The Labute approximate surface area is 203 Å². The van der Waals surface area contributed by atoms with Crippen LogP contribution in [-0.4, -0.2) is 49.1 Å². The van der Waals surface area contributed by atoms with Gasteiger partial charge in [-0.15, -0.1) is 0 Å². The van der Waals surface area contributed by atoms with Crippen molar-refractivity contribution in [2.75, 3.05) is 32.7 Å². The van der Waals surface area contributed by atoms with Crippen molar-refractivity contribution in [3.8, 4) is 5.75 Å². The van der Waals surface area contributed by atoms with Crippen molar-refractivity contribution >= 4 is 28.4 Å². The fourth-order valence-electron chi connectivity index (χ4n) is 4.95. The maximum Gasteiger partial charge on any atom is 0.254 e. The number of H-pyrrole nitrogens is 1. The highest BCUT2D eigenvalue weighted by molar-refractivity contribution is 6.05. The van der Waals surface area contributed by atoms with Crippen LogP contribution in [0.2, 0.25) is 0 Å². The summed E-state index contributed by atoms with van der Waals surface area (Å²) in [5.41, 5.74) is 3.65. The van der Waals surface area contributed by atoms with Gasteiger partial charge >= 0.3 is 0 Å².